The maximum Gasteiger partial charge on any atom is 0.0650 e. The van der Waals surface area contributed by atoms with Crippen molar-refractivity contribution in [3.8, 4) is 0 Å². The molecule has 0 radical (unpaired) electrons. The molecule has 0 bridgehead atoms. The maximum absolute atomic E-state index is 9.52. The molecule has 0 saturated carbocycles. The van der Waals surface area contributed by atoms with E-state index in [1.165, 1.54) is 11.3 Å². The van der Waals surface area contributed by atoms with Crippen LogP contribution in [-0.4, -0.2) is 38.7 Å². The van der Waals surface area contributed by atoms with Crippen LogP contribution in [0.3, 0.4) is 0 Å². The summed E-state index contributed by atoms with van der Waals surface area (Å²) >= 11 is 0. The molecule has 1 aromatic rings. The number of aliphatic hydroxyl groups excluding tert-OH is 2. The van der Waals surface area contributed by atoms with E-state index in [1.54, 1.807) is 0 Å². The standard InChI is InChI=1S/C13H23N3O2/c1-3-13(8-17,9-18)15-11-5-4-6-12-10(11)7-14-16(12)2/h7,11,15,17-18H,3-6,8-9H2,1-2H3. The molecular formula is C13H23N3O2. The predicted octanol–water partition coefficient (Wildman–Crippen LogP) is 0.520. The first kappa shape index (κ1) is 13.5. The highest BCUT2D eigenvalue weighted by atomic mass is 16.3. The van der Waals surface area contributed by atoms with Crippen molar-refractivity contribution in [2.75, 3.05) is 13.2 Å². The van der Waals surface area contributed by atoms with Gasteiger partial charge in [0, 0.05) is 24.3 Å². The Labute approximate surface area is 108 Å². The fourth-order valence-corrected chi connectivity index (χ4v) is 2.69. The number of aryl methyl sites for hydroxylation is 1. The summed E-state index contributed by atoms with van der Waals surface area (Å²) in [4.78, 5) is 0. The van der Waals surface area contributed by atoms with Crippen LogP contribution in [0, 0.1) is 0 Å². The van der Waals surface area contributed by atoms with Gasteiger partial charge in [-0.15, -0.1) is 0 Å². The number of nitrogens with one attached hydrogen (secondary N) is 1. The Bertz CT molecular complexity index is 391. The van der Waals surface area contributed by atoms with Gasteiger partial charge in [-0.2, -0.15) is 5.10 Å². The van der Waals surface area contributed by atoms with Crippen LogP contribution in [0.2, 0.25) is 0 Å². The number of fused-ring (bicyclic) bond motifs is 1. The lowest BCUT2D eigenvalue weighted by Crippen LogP contribution is -2.53. The van der Waals surface area contributed by atoms with Crippen molar-refractivity contribution in [1.29, 1.82) is 0 Å². The molecule has 102 valence electrons. The van der Waals surface area contributed by atoms with Crippen LogP contribution in [0.4, 0.5) is 0 Å². The van der Waals surface area contributed by atoms with Crippen molar-refractivity contribution in [1.82, 2.24) is 15.1 Å². The van der Waals surface area contributed by atoms with Crippen molar-refractivity contribution in [2.24, 2.45) is 7.05 Å². The van der Waals surface area contributed by atoms with E-state index in [0.29, 0.717) is 6.42 Å². The highest BCUT2D eigenvalue weighted by Crippen LogP contribution is 2.31. The molecule has 18 heavy (non-hydrogen) atoms. The third kappa shape index (κ3) is 2.30. The average molecular weight is 253 g/mol. The van der Waals surface area contributed by atoms with Gasteiger partial charge in [0.1, 0.15) is 0 Å². The Morgan fingerprint density at radius 3 is 2.83 bits per heavy atom. The monoisotopic (exact) mass is 253 g/mol. The van der Waals surface area contributed by atoms with Crippen LogP contribution in [-0.2, 0) is 13.5 Å². The summed E-state index contributed by atoms with van der Waals surface area (Å²) in [6.45, 7) is 1.88. The molecule has 3 N–H and O–H groups in total. The molecule has 1 heterocycles. The molecule has 1 aliphatic rings. The minimum absolute atomic E-state index is 0.0495. The molecule has 0 saturated heterocycles. The van der Waals surface area contributed by atoms with E-state index in [4.69, 9.17) is 0 Å². The molecule has 5 heteroatoms. The number of aliphatic hydroxyl groups is 2. The van der Waals surface area contributed by atoms with E-state index in [-0.39, 0.29) is 19.3 Å². The van der Waals surface area contributed by atoms with E-state index >= 15 is 0 Å². The highest BCUT2D eigenvalue weighted by molar-refractivity contribution is 5.25. The first-order valence-corrected chi connectivity index (χ1v) is 6.66. The number of hydrogen-bond donors (Lipinski definition) is 3. The summed E-state index contributed by atoms with van der Waals surface area (Å²) in [5.74, 6) is 0. The van der Waals surface area contributed by atoms with Crippen molar-refractivity contribution in [3.05, 3.63) is 17.5 Å². The smallest absolute Gasteiger partial charge is 0.0650 e. The lowest BCUT2D eigenvalue weighted by Gasteiger charge is -2.36. The third-order valence-electron chi connectivity index (χ3n) is 4.14. The Morgan fingerprint density at radius 1 is 1.50 bits per heavy atom. The van der Waals surface area contributed by atoms with Crippen molar-refractivity contribution in [2.45, 2.75) is 44.2 Å². The zero-order valence-electron chi connectivity index (χ0n) is 11.2. The first-order valence-electron chi connectivity index (χ1n) is 6.66. The molecule has 2 rings (SSSR count). The van der Waals surface area contributed by atoms with Crippen LogP contribution in [0.5, 0.6) is 0 Å². The Hall–Kier alpha value is -0.910. The predicted molar refractivity (Wildman–Crippen MR) is 69.2 cm³/mol. The molecule has 1 atom stereocenters. The Balaban J connectivity index is 2.20. The van der Waals surface area contributed by atoms with Gasteiger partial charge in [0.25, 0.3) is 0 Å². The van der Waals surface area contributed by atoms with Crippen LogP contribution in [0.25, 0.3) is 0 Å². The first-order chi connectivity index (χ1) is 8.65. The lowest BCUT2D eigenvalue weighted by molar-refractivity contribution is 0.0751. The van der Waals surface area contributed by atoms with E-state index in [0.717, 1.165) is 19.3 Å². The average Bonchev–Trinajstić information content (AvgIpc) is 2.79. The molecule has 1 unspecified atom stereocenters. The van der Waals surface area contributed by atoms with Crippen LogP contribution < -0.4 is 5.32 Å². The summed E-state index contributed by atoms with van der Waals surface area (Å²) in [5, 5.41) is 26.8. The minimum atomic E-state index is -0.588. The quantitative estimate of drug-likeness (QED) is 0.715. The van der Waals surface area contributed by atoms with Crippen molar-refractivity contribution in [3.63, 3.8) is 0 Å². The highest BCUT2D eigenvalue weighted by Gasteiger charge is 2.32. The van der Waals surface area contributed by atoms with Gasteiger partial charge in [0.05, 0.1) is 24.9 Å². The van der Waals surface area contributed by atoms with Gasteiger partial charge in [-0.3, -0.25) is 4.68 Å². The third-order valence-corrected chi connectivity index (χ3v) is 4.14. The van der Waals surface area contributed by atoms with Crippen LogP contribution in [0.15, 0.2) is 6.20 Å². The van der Waals surface area contributed by atoms with Gasteiger partial charge in [0.15, 0.2) is 0 Å². The number of aromatic nitrogens is 2. The molecule has 0 spiro atoms. The fourth-order valence-electron chi connectivity index (χ4n) is 2.69. The second-order valence-corrected chi connectivity index (χ2v) is 5.21. The topological polar surface area (TPSA) is 70.3 Å². The second-order valence-electron chi connectivity index (χ2n) is 5.21. The van der Waals surface area contributed by atoms with Gasteiger partial charge < -0.3 is 15.5 Å². The van der Waals surface area contributed by atoms with E-state index in [2.05, 4.69) is 10.4 Å². The molecule has 0 fully saturated rings. The molecule has 5 nitrogen and oxygen atoms in total. The van der Waals surface area contributed by atoms with Crippen LogP contribution >= 0.6 is 0 Å². The maximum atomic E-state index is 9.52. The molecule has 1 aromatic heterocycles. The Morgan fingerprint density at radius 2 is 2.22 bits per heavy atom. The van der Waals surface area contributed by atoms with Gasteiger partial charge >= 0.3 is 0 Å². The fraction of sp³-hybridized carbons (Fsp3) is 0.769. The van der Waals surface area contributed by atoms with Crippen molar-refractivity contribution >= 4 is 0 Å². The SMILES string of the molecule is CCC(CO)(CO)NC1CCCc2c1cnn2C. The molecule has 0 aliphatic heterocycles. The van der Waals surface area contributed by atoms with Gasteiger partial charge in [-0.05, 0) is 25.7 Å². The molecule has 0 aromatic carbocycles. The summed E-state index contributed by atoms with van der Waals surface area (Å²) < 4.78 is 1.93. The second kappa shape index (κ2) is 5.38. The summed E-state index contributed by atoms with van der Waals surface area (Å²) in [7, 11) is 1.96. The van der Waals surface area contributed by atoms with Crippen LogP contribution in [0.1, 0.15) is 43.5 Å². The number of hydrogen-bond acceptors (Lipinski definition) is 4. The van der Waals surface area contributed by atoms with E-state index in [1.807, 2.05) is 24.9 Å². The molecule has 0 amide bonds. The largest absolute Gasteiger partial charge is 0.394 e. The summed E-state index contributed by atoms with van der Waals surface area (Å²) in [6.07, 6.45) is 5.80. The minimum Gasteiger partial charge on any atom is -0.394 e. The van der Waals surface area contributed by atoms with E-state index < -0.39 is 5.54 Å². The normalized spacial score (nSPS) is 19.9. The van der Waals surface area contributed by atoms with Gasteiger partial charge in [0.2, 0.25) is 0 Å². The van der Waals surface area contributed by atoms with Gasteiger partial charge in [-0.25, -0.2) is 0 Å². The summed E-state index contributed by atoms with van der Waals surface area (Å²) in [6, 6.07) is 0.182. The van der Waals surface area contributed by atoms with Gasteiger partial charge in [-0.1, -0.05) is 6.92 Å². The zero-order valence-corrected chi connectivity index (χ0v) is 11.2. The van der Waals surface area contributed by atoms with E-state index in [9.17, 15) is 10.2 Å². The summed E-state index contributed by atoms with van der Waals surface area (Å²) in [5.41, 5.74) is 1.89. The number of nitrogens with zero attached hydrogens (tertiary/aromatic N) is 2. The number of rotatable bonds is 5. The molecular weight excluding hydrogens is 230 g/mol. The zero-order chi connectivity index (χ0) is 13.2. The molecule has 1 aliphatic carbocycles. The Kier molecular flexibility index (Phi) is 4.04. The lowest BCUT2D eigenvalue weighted by atomic mass is 9.89. The van der Waals surface area contributed by atoms with Crippen molar-refractivity contribution < 1.29 is 10.2 Å².